The molecule has 1 aliphatic heterocycles. The summed E-state index contributed by atoms with van der Waals surface area (Å²) < 4.78 is 10.7. The standard InChI is InChI=1S/C16H10ClNO3/c17-10-3-1-2-9(6-10)12-7-13(19)15-11(18-12)4-5-14-16(15)21-8-20-14/h1-7H,8H2,(H,18,19). The van der Waals surface area contributed by atoms with Crippen LogP contribution in [0.15, 0.2) is 47.3 Å². The molecule has 4 rings (SSSR count). The molecule has 1 aliphatic rings. The van der Waals surface area contributed by atoms with Crippen LogP contribution in [0.4, 0.5) is 0 Å². The van der Waals surface area contributed by atoms with Crippen LogP contribution in [0, 0.1) is 0 Å². The lowest BCUT2D eigenvalue weighted by molar-refractivity contribution is 0.175. The minimum atomic E-state index is -0.110. The summed E-state index contributed by atoms with van der Waals surface area (Å²) in [6.07, 6.45) is 0. The largest absolute Gasteiger partial charge is 0.454 e. The van der Waals surface area contributed by atoms with Crippen LogP contribution in [0.1, 0.15) is 0 Å². The maximum atomic E-state index is 12.4. The van der Waals surface area contributed by atoms with Crippen LogP contribution < -0.4 is 14.9 Å². The molecular formula is C16H10ClNO3. The van der Waals surface area contributed by atoms with Gasteiger partial charge >= 0.3 is 0 Å². The molecule has 0 saturated carbocycles. The molecule has 5 heteroatoms. The van der Waals surface area contributed by atoms with E-state index in [1.807, 2.05) is 24.3 Å². The Morgan fingerprint density at radius 2 is 2.00 bits per heavy atom. The molecule has 0 aliphatic carbocycles. The maximum Gasteiger partial charge on any atom is 0.231 e. The van der Waals surface area contributed by atoms with Gasteiger partial charge in [-0.2, -0.15) is 0 Å². The monoisotopic (exact) mass is 299 g/mol. The van der Waals surface area contributed by atoms with Crippen molar-refractivity contribution in [1.82, 2.24) is 4.98 Å². The number of pyridine rings is 1. The molecule has 0 spiro atoms. The molecule has 1 aromatic heterocycles. The van der Waals surface area contributed by atoms with Gasteiger partial charge in [-0.1, -0.05) is 23.7 Å². The second kappa shape index (κ2) is 4.53. The van der Waals surface area contributed by atoms with Gasteiger partial charge in [-0.05, 0) is 29.8 Å². The Morgan fingerprint density at radius 1 is 1.10 bits per heavy atom. The average Bonchev–Trinajstić information content (AvgIpc) is 2.95. The molecule has 3 aromatic rings. The first-order valence-electron chi connectivity index (χ1n) is 6.44. The van der Waals surface area contributed by atoms with Crippen molar-refractivity contribution in [2.24, 2.45) is 0 Å². The Kier molecular flexibility index (Phi) is 2.65. The highest BCUT2D eigenvalue weighted by Crippen LogP contribution is 2.37. The van der Waals surface area contributed by atoms with E-state index < -0.39 is 0 Å². The molecule has 0 amide bonds. The highest BCUT2D eigenvalue weighted by molar-refractivity contribution is 6.30. The highest BCUT2D eigenvalue weighted by Gasteiger charge is 2.19. The van der Waals surface area contributed by atoms with Crippen LogP contribution in [-0.4, -0.2) is 11.8 Å². The minimum absolute atomic E-state index is 0.110. The highest BCUT2D eigenvalue weighted by atomic mass is 35.5. The molecule has 4 nitrogen and oxygen atoms in total. The molecule has 0 unspecified atom stereocenters. The Bertz CT molecular complexity index is 917. The third-order valence-corrected chi connectivity index (χ3v) is 3.70. The number of fused-ring (bicyclic) bond motifs is 3. The molecule has 2 aromatic carbocycles. The number of nitrogens with one attached hydrogen (secondary N) is 1. The maximum absolute atomic E-state index is 12.4. The van der Waals surface area contributed by atoms with Gasteiger partial charge in [0.1, 0.15) is 0 Å². The summed E-state index contributed by atoms with van der Waals surface area (Å²) in [7, 11) is 0. The van der Waals surface area contributed by atoms with Gasteiger partial charge in [-0.3, -0.25) is 4.79 Å². The van der Waals surface area contributed by atoms with Crippen LogP contribution in [0.3, 0.4) is 0 Å². The summed E-state index contributed by atoms with van der Waals surface area (Å²) in [5.41, 5.74) is 2.18. The number of aromatic amines is 1. The number of ether oxygens (including phenoxy) is 2. The van der Waals surface area contributed by atoms with Crippen molar-refractivity contribution in [3.8, 4) is 22.8 Å². The van der Waals surface area contributed by atoms with E-state index in [1.54, 1.807) is 18.2 Å². The number of hydrogen-bond donors (Lipinski definition) is 1. The lowest BCUT2D eigenvalue weighted by atomic mass is 10.1. The molecule has 0 bridgehead atoms. The Hall–Kier alpha value is -2.46. The Labute approximate surface area is 124 Å². The summed E-state index contributed by atoms with van der Waals surface area (Å²) in [5.74, 6) is 1.11. The summed E-state index contributed by atoms with van der Waals surface area (Å²) in [5, 5.41) is 1.13. The smallest absolute Gasteiger partial charge is 0.231 e. The van der Waals surface area contributed by atoms with E-state index in [1.165, 1.54) is 0 Å². The van der Waals surface area contributed by atoms with Crippen LogP contribution in [0.5, 0.6) is 11.5 Å². The molecule has 0 atom stereocenters. The normalized spacial score (nSPS) is 12.8. The van der Waals surface area contributed by atoms with E-state index in [0.29, 0.717) is 33.1 Å². The zero-order valence-electron chi connectivity index (χ0n) is 10.9. The van der Waals surface area contributed by atoms with Crippen LogP contribution in [-0.2, 0) is 0 Å². The topological polar surface area (TPSA) is 51.3 Å². The Balaban J connectivity index is 1.99. The summed E-state index contributed by atoms with van der Waals surface area (Å²) in [6, 6.07) is 12.5. The fourth-order valence-electron chi connectivity index (χ4n) is 2.52. The van der Waals surface area contributed by atoms with E-state index in [4.69, 9.17) is 21.1 Å². The molecule has 21 heavy (non-hydrogen) atoms. The quantitative estimate of drug-likeness (QED) is 0.747. The molecule has 104 valence electrons. The van der Waals surface area contributed by atoms with Crippen LogP contribution in [0.2, 0.25) is 5.02 Å². The number of halogens is 1. The number of aromatic nitrogens is 1. The summed E-state index contributed by atoms with van der Waals surface area (Å²) >= 11 is 6.00. The molecule has 0 fully saturated rings. The van der Waals surface area contributed by atoms with E-state index >= 15 is 0 Å². The SMILES string of the molecule is O=c1cc(-c2cccc(Cl)c2)[nH]c2ccc3c(c12)OCO3. The van der Waals surface area contributed by atoms with Gasteiger partial charge in [0.2, 0.25) is 6.79 Å². The summed E-state index contributed by atoms with van der Waals surface area (Å²) in [4.78, 5) is 15.7. The van der Waals surface area contributed by atoms with Gasteiger partial charge in [0.15, 0.2) is 16.9 Å². The number of H-pyrrole nitrogens is 1. The van der Waals surface area contributed by atoms with Crippen molar-refractivity contribution in [1.29, 1.82) is 0 Å². The second-order valence-corrected chi connectivity index (χ2v) is 5.22. The second-order valence-electron chi connectivity index (χ2n) is 4.78. The minimum Gasteiger partial charge on any atom is -0.454 e. The van der Waals surface area contributed by atoms with Gasteiger partial charge in [0, 0.05) is 16.8 Å². The van der Waals surface area contributed by atoms with Crippen molar-refractivity contribution in [3.05, 3.63) is 57.7 Å². The van der Waals surface area contributed by atoms with Gasteiger partial charge in [0.25, 0.3) is 0 Å². The fraction of sp³-hybridized carbons (Fsp3) is 0.0625. The summed E-state index contributed by atoms with van der Waals surface area (Å²) in [6.45, 7) is 0.143. The average molecular weight is 300 g/mol. The molecule has 0 radical (unpaired) electrons. The number of benzene rings is 2. The first-order valence-corrected chi connectivity index (χ1v) is 6.82. The lowest BCUT2D eigenvalue weighted by Gasteiger charge is -2.07. The predicted molar refractivity (Wildman–Crippen MR) is 81.1 cm³/mol. The molecular weight excluding hydrogens is 290 g/mol. The van der Waals surface area contributed by atoms with E-state index in [9.17, 15) is 4.79 Å². The first kappa shape index (κ1) is 12.3. The zero-order chi connectivity index (χ0) is 14.4. The zero-order valence-corrected chi connectivity index (χ0v) is 11.6. The molecule has 0 saturated heterocycles. The van der Waals surface area contributed by atoms with E-state index in [0.717, 1.165) is 5.56 Å². The van der Waals surface area contributed by atoms with Crippen molar-refractivity contribution in [2.75, 3.05) is 6.79 Å². The van der Waals surface area contributed by atoms with Gasteiger partial charge in [-0.15, -0.1) is 0 Å². The lowest BCUT2D eigenvalue weighted by Crippen LogP contribution is -2.04. The van der Waals surface area contributed by atoms with Gasteiger partial charge < -0.3 is 14.5 Å². The number of hydrogen-bond acceptors (Lipinski definition) is 3. The van der Waals surface area contributed by atoms with Crippen molar-refractivity contribution >= 4 is 22.5 Å². The van der Waals surface area contributed by atoms with Crippen molar-refractivity contribution in [2.45, 2.75) is 0 Å². The van der Waals surface area contributed by atoms with Crippen molar-refractivity contribution < 1.29 is 9.47 Å². The third kappa shape index (κ3) is 1.96. The molecule has 2 heterocycles. The third-order valence-electron chi connectivity index (χ3n) is 3.47. The van der Waals surface area contributed by atoms with Crippen LogP contribution in [0.25, 0.3) is 22.2 Å². The van der Waals surface area contributed by atoms with Crippen molar-refractivity contribution in [3.63, 3.8) is 0 Å². The Morgan fingerprint density at radius 3 is 2.86 bits per heavy atom. The fourth-order valence-corrected chi connectivity index (χ4v) is 2.71. The molecule has 1 N–H and O–H groups in total. The number of rotatable bonds is 1. The van der Waals surface area contributed by atoms with Crippen LogP contribution >= 0.6 is 11.6 Å². The predicted octanol–water partition coefficient (Wildman–Crippen LogP) is 3.58. The first-order chi connectivity index (χ1) is 10.2. The van der Waals surface area contributed by atoms with Gasteiger partial charge in [-0.25, -0.2) is 0 Å². The van der Waals surface area contributed by atoms with E-state index in [-0.39, 0.29) is 12.2 Å². The van der Waals surface area contributed by atoms with E-state index in [2.05, 4.69) is 4.98 Å². The van der Waals surface area contributed by atoms with Gasteiger partial charge in [0.05, 0.1) is 10.9 Å².